The van der Waals surface area contributed by atoms with Crippen LogP contribution in [0.1, 0.15) is 31.7 Å². The lowest BCUT2D eigenvalue weighted by atomic mass is 10.0. The molecule has 0 aromatic heterocycles. The van der Waals surface area contributed by atoms with Crippen molar-refractivity contribution in [2.24, 2.45) is 11.7 Å². The first kappa shape index (κ1) is 23.7. The van der Waals surface area contributed by atoms with Crippen molar-refractivity contribution in [2.45, 2.75) is 38.8 Å². The summed E-state index contributed by atoms with van der Waals surface area (Å²) >= 11 is 0. The molecule has 3 N–H and O–H groups in total. The van der Waals surface area contributed by atoms with E-state index in [-0.39, 0.29) is 25.1 Å². The number of imide groups is 1. The number of rotatable bonds is 10. The van der Waals surface area contributed by atoms with Crippen LogP contribution in [0.5, 0.6) is 0 Å². The molecule has 0 heterocycles. The van der Waals surface area contributed by atoms with Crippen LogP contribution in [-0.2, 0) is 35.3 Å². The summed E-state index contributed by atoms with van der Waals surface area (Å²) < 4.78 is 9.45. The van der Waals surface area contributed by atoms with Crippen molar-refractivity contribution >= 4 is 29.4 Å². The number of hydrogen-bond donors (Lipinski definition) is 2. The van der Waals surface area contributed by atoms with Gasteiger partial charge in [-0.15, -0.1) is 0 Å². The summed E-state index contributed by atoms with van der Waals surface area (Å²) in [4.78, 5) is 56.8. The number of carbonyl (C=O) groups excluding carboxylic acids is 4. The number of carbonyl (C=O) groups is 4. The van der Waals surface area contributed by atoms with Crippen LogP contribution in [0, 0.1) is 16.0 Å². The van der Waals surface area contributed by atoms with Crippen molar-refractivity contribution < 1.29 is 33.6 Å². The zero-order valence-electron chi connectivity index (χ0n) is 16.1. The van der Waals surface area contributed by atoms with Crippen molar-refractivity contribution in [1.29, 1.82) is 0 Å². The van der Waals surface area contributed by atoms with Gasteiger partial charge in [0.1, 0.15) is 12.6 Å². The molecule has 0 saturated heterocycles. The molecule has 2 amide bonds. The summed E-state index contributed by atoms with van der Waals surface area (Å²) in [5.74, 6) is -3.27. The van der Waals surface area contributed by atoms with Gasteiger partial charge in [-0.3, -0.25) is 34.6 Å². The molecule has 0 spiro atoms. The molecule has 1 aromatic carbocycles. The zero-order valence-corrected chi connectivity index (χ0v) is 16.1. The molecule has 0 radical (unpaired) electrons. The minimum Gasteiger partial charge on any atom is -0.469 e. The molecule has 158 valence electrons. The Hall–Kier alpha value is -3.34. The van der Waals surface area contributed by atoms with Gasteiger partial charge in [0.15, 0.2) is 0 Å². The van der Waals surface area contributed by atoms with Crippen molar-refractivity contribution in [3.05, 3.63) is 39.9 Å². The molecule has 11 nitrogen and oxygen atoms in total. The number of ether oxygens (including phenoxy) is 2. The Morgan fingerprint density at radius 3 is 2.38 bits per heavy atom. The molecule has 0 aliphatic carbocycles. The third-order valence-electron chi connectivity index (χ3n) is 3.96. The Labute approximate surface area is 166 Å². The van der Waals surface area contributed by atoms with E-state index in [1.165, 1.54) is 31.4 Å². The number of nitro benzene ring substituents is 1. The van der Waals surface area contributed by atoms with E-state index in [0.717, 1.165) is 0 Å². The largest absolute Gasteiger partial charge is 0.469 e. The van der Waals surface area contributed by atoms with Gasteiger partial charge in [0, 0.05) is 24.5 Å². The molecule has 29 heavy (non-hydrogen) atoms. The second-order valence-corrected chi connectivity index (χ2v) is 6.27. The van der Waals surface area contributed by atoms with E-state index in [0.29, 0.717) is 5.56 Å². The van der Waals surface area contributed by atoms with E-state index in [2.05, 4.69) is 10.1 Å². The highest BCUT2D eigenvalue weighted by Crippen LogP contribution is 2.13. The molecule has 1 aromatic rings. The maximum atomic E-state index is 11.9. The first-order valence-corrected chi connectivity index (χ1v) is 8.70. The Bertz CT molecular complexity index is 763. The fourth-order valence-electron chi connectivity index (χ4n) is 2.14. The molecule has 0 aliphatic rings. The first-order valence-electron chi connectivity index (χ1n) is 8.70. The molecular weight excluding hydrogens is 386 g/mol. The van der Waals surface area contributed by atoms with Crippen molar-refractivity contribution in [3.8, 4) is 0 Å². The Balaban J connectivity index is 2.41. The average molecular weight is 409 g/mol. The number of nitrogens with two attached hydrogens (primary N) is 1. The monoisotopic (exact) mass is 409 g/mol. The maximum Gasteiger partial charge on any atom is 0.323 e. The van der Waals surface area contributed by atoms with Crippen molar-refractivity contribution in [1.82, 2.24) is 5.32 Å². The second-order valence-electron chi connectivity index (χ2n) is 6.27. The van der Waals surface area contributed by atoms with Crippen molar-refractivity contribution in [3.63, 3.8) is 0 Å². The minimum atomic E-state index is -1.29. The fraction of sp³-hybridized carbons (Fsp3) is 0.444. The lowest BCUT2D eigenvalue weighted by molar-refractivity contribution is -0.384. The van der Waals surface area contributed by atoms with Gasteiger partial charge >= 0.3 is 11.9 Å². The molecule has 11 heteroatoms. The van der Waals surface area contributed by atoms with E-state index in [4.69, 9.17) is 10.5 Å². The molecule has 1 rings (SSSR count). The number of hydrogen-bond acceptors (Lipinski definition) is 9. The SMILES string of the molecule is COC(=O)CCC(C)C(=O)NC(=O)C[C@H](N)C(=O)OCc1ccc([N+](=O)[O-])cc1. The normalized spacial score (nSPS) is 12.4. The Kier molecular flexibility index (Phi) is 9.39. The van der Waals surface area contributed by atoms with Crippen LogP contribution in [-0.4, -0.2) is 41.8 Å². The van der Waals surface area contributed by atoms with Gasteiger partial charge in [-0.25, -0.2) is 0 Å². The van der Waals surface area contributed by atoms with Crippen LogP contribution in [0.2, 0.25) is 0 Å². The van der Waals surface area contributed by atoms with Gasteiger partial charge in [0.05, 0.1) is 18.5 Å². The van der Waals surface area contributed by atoms with Crippen LogP contribution < -0.4 is 11.1 Å². The molecule has 2 atom stereocenters. The molecule has 0 saturated carbocycles. The van der Waals surface area contributed by atoms with E-state index in [9.17, 15) is 29.3 Å². The summed E-state index contributed by atoms with van der Waals surface area (Å²) in [6.45, 7) is 1.37. The Morgan fingerprint density at radius 1 is 1.21 bits per heavy atom. The number of nitrogens with one attached hydrogen (secondary N) is 1. The topological polar surface area (TPSA) is 168 Å². The third kappa shape index (κ3) is 8.47. The van der Waals surface area contributed by atoms with Gasteiger partial charge in [0.25, 0.3) is 5.69 Å². The van der Waals surface area contributed by atoms with Gasteiger partial charge in [-0.2, -0.15) is 0 Å². The van der Waals surface area contributed by atoms with Crippen LogP contribution in [0.4, 0.5) is 5.69 Å². The van der Waals surface area contributed by atoms with Crippen LogP contribution in [0.25, 0.3) is 0 Å². The summed E-state index contributed by atoms with van der Waals surface area (Å²) in [6.07, 6.45) is -0.225. The predicted molar refractivity (Wildman–Crippen MR) is 99.0 cm³/mol. The summed E-state index contributed by atoms with van der Waals surface area (Å²) in [7, 11) is 1.23. The molecule has 0 bridgehead atoms. The quantitative estimate of drug-likeness (QED) is 0.319. The first-order chi connectivity index (χ1) is 13.6. The zero-order chi connectivity index (χ0) is 22.0. The molecule has 0 fully saturated rings. The van der Waals surface area contributed by atoms with E-state index < -0.39 is 47.1 Å². The van der Waals surface area contributed by atoms with Crippen LogP contribution in [0.3, 0.4) is 0 Å². The smallest absolute Gasteiger partial charge is 0.323 e. The third-order valence-corrected chi connectivity index (χ3v) is 3.96. The number of methoxy groups -OCH3 is 1. The molecular formula is C18H23N3O8. The average Bonchev–Trinajstić information content (AvgIpc) is 2.69. The number of nitrogens with zero attached hydrogens (tertiary/aromatic N) is 1. The van der Waals surface area contributed by atoms with Crippen molar-refractivity contribution in [2.75, 3.05) is 7.11 Å². The van der Waals surface area contributed by atoms with E-state index in [1.807, 2.05) is 0 Å². The predicted octanol–water partition coefficient (Wildman–Crippen LogP) is 0.588. The Morgan fingerprint density at radius 2 is 1.83 bits per heavy atom. The van der Waals surface area contributed by atoms with Gasteiger partial charge < -0.3 is 15.2 Å². The summed E-state index contributed by atoms with van der Waals surface area (Å²) in [6, 6.07) is 4.11. The fourth-order valence-corrected chi connectivity index (χ4v) is 2.14. The minimum absolute atomic E-state index is 0.0355. The molecule has 1 unspecified atom stereocenters. The highest BCUT2D eigenvalue weighted by atomic mass is 16.6. The summed E-state index contributed by atoms with van der Waals surface area (Å²) in [5, 5.41) is 12.7. The van der Waals surface area contributed by atoms with E-state index in [1.54, 1.807) is 6.92 Å². The van der Waals surface area contributed by atoms with Gasteiger partial charge in [-0.05, 0) is 24.1 Å². The number of esters is 2. The van der Waals surface area contributed by atoms with Crippen LogP contribution in [0.15, 0.2) is 24.3 Å². The highest BCUT2D eigenvalue weighted by molar-refractivity contribution is 5.98. The number of nitro groups is 1. The number of amides is 2. The standard InChI is InChI=1S/C18H23N3O8/c1-11(3-8-16(23)28-2)17(24)20-15(22)9-14(19)18(25)29-10-12-4-6-13(7-5-12)21(26)27/h4-7,11,14H,3,8-10,19H2,1-2H3,(H,20,22,24)/t11?,14-/m0/s1. The number of benzene rings is 1. The van der Waals surface area contributed by atoms with E-state index >= 15 is 0 Å². The van der Waals surface area contributed by atoms with Crippen LogP contribution >= 0.6 is 0 Å². The molecule has 0 aliphatic heterocycles. The van der Waals surface area contributed by atoms with Gasteiger partial charge in [-0.1, -0.05) is 6.92 Å². The number of non-ortho nitro benzene ring substituents is 1. The maximum absolute atomic E-state index is 11.9. The second kappa shape index (κ2) is 11.5. The lowest BCUT2D eigenvalue weighted by Crippen LogP contribution is -2.41. The highest BCUT2D eigenvalue weighted by Gasteiger charge is 2.22. The van der Waals surface area contributed by atoms with Gasteiger partial charge in [0.2, 0.25) is 11.8 Å². The summed E-state index contributed by atoms with van der Waals surface area (Å²) in [5.41, 5.74) is 6.03. The lowest BCUT2D eigenvalue weighted by Gasteiger charge is -2.13.